The van der Waals surface area contributed by atoms with Crippen molar-refractivity contribution in [3.05, 3.63) is 0 Å². The van der Waals surface area contributed by atoms with Crippen LogP contribution in [0.25, 0.3) is 0 Å². The van der Waals surface area contributed by atoms with Gasteiger partial charge in [-0.15, -0.1) is 0 Å². The number of hydrogen-bond acceptors (Lipinski definition) is 8. The number of nitrogens with zero attached hydrogens (tertiary/aromatic N) is 2. The monoisotopic (exact) mass is 644 g/mol. The van der Waals surface area contributed by atoms with Gasteiger partial charge in [0.2, 0.25) is 0 Å². The van der Waals surface area contributed by atoms with E-state index in [-0.39, 0.29) is 30.7 Å². The topological polar surface area (TPSA) is 112 Å². The molecule has 0 aromatic rings. The first kappa shape index (κ1) is 33.6. The molecule has 0 atom stereocenters. The summed E-state index contributed by atoms with van der Waals surface area (Å²) in [7, 11) is -7.64. The molecule has 0 aromatic heterocycles. The van der Waals surface area contributed by atoms with E-state index in [0.29, 0.717) is 0 Å². The Hall–Kier alpha value is -0.760. The third kappa shape index (κ3) is 8.74. The van der Waals surface area contributed by atoms with Gasteiger partial charge in [-0.25, -0.2) is 9.69 Å². The molecule has 1 aliphatic heterocycles. The summed E-state index contributed by atoms with van der Waals surface area (Å²) in [5.41, 5.74) is -1.32. The lowest BCUT2D eigenvalue weighted by atomic mass is 9.98. The van der Waals surface area contributed by atoms with E-state index in [1.165, 1.54) is 4.90 Å². The zero-order valence-electron chi connectivity index (χ0n) is 26.4. The van der Waals surface area contributed by atoms with Gasteiger partial charge in [0.05, 0.1) is 24.4 Å². The maximum Gasteiger partial charge on any atom is 0.351 e. The number of rotatable bonds is 12. The fourth-order valence-electron chi connectivity index (χ4n) is 7.40. The van der Waals surface area contributed by atoms with Gasteiger partial charge < -0.3 is 18.1 Å². The molecule has 0 aromatic carbocycles. The summed E-state index contributed by atoms with van der Waals surface area (Å²) in [6, 6.07) is -0.644. The SMILES string of the molecule is CC1(C)C(=O)N(CP(=O)(OC2CCCCC2)OC2CCCCC2)C(=O)N1CP(=O)(OC1CCCCC1)OC1CCCCC1. The second-order valence-electron chi connectivity index (χ2n) is 14.0. The Bertz CT molecular complexity index is 998. The maximum atomic E-state index is 14.5. The zero-order chi connectivity index (χ0) is 30.5. The minimum Gasteiger partial charge on any atom is -0.304 e. The molecule has 0 bridgehead atoms. The van der Waals surface area contributed by atoms with Crippen LogP contribution in [-0.2, 0) is 32.0 Å². The number of urea groups is 1. The van der Waals surface area contributed by atoms with Crippen molar-refractivity contribution in [2.45, 2.75) is 172 Å². The highest BCUT2D eigenvalue weighted by atomic mass is 31.2. The van der Waals surface area contributed by atoms with Gasteiger partial charge in [-0.1, -0.05) is 77.0 Å². The summed E-state index contributed by atoms with van der Waals surface area (Å²) in [5.74, 6) is -0.501. The molecule has 4 saturated carbocycles. The third-order valence-electron chi connectivity index (χ3n) is 9.98. The maximum absolute atomic E-state index is 14.5. The second-order valence-corrected chi connectivity index (χ2v) is 17.8. The molecule has 0 radical (unpaired) electrons. The van der Waals surface area contributed by atoms with Crippen LogP contribution in [0.3, 0.4) is 0 Å². The van der Waals surface area contributed by atoms with E-state index in [1.54, 1.807) is 13.8 Å². The summed E-state index contributed by atoms with van der Waals surface area (Å²) >= 11 is 0. The minimum atomic E-state index is -3.85. The summed E-state index contributed by atoms with van der Waals surface area (Å²) in [6.45, 7) is 3.29. The molecule has 5 fully saturated rings. The normalized spacial score (nSPS) is 26.0. The summed E-state index contributed by atoms with van der Waals surface area (Å²) in [5, 5.41) is 0. The average molecular weight is 645 g/mol. The van der Waals surface area contributed by atoms with Crippen LogP contribution in [0.5, 0.6) is 0 Å². The van der Waals surface area contributed by atoms with E-state index >= 15 is 0 Å². The Kier molecular flexibility index (Phi) is 11.5. The molecule has 43 heavy (non-hydrogen) atoms. The molecule has 4 aliphatic carbocycles. The molecular formula is C31H54N2O8P2. The van der Waals surface area contributed by atoms with Crippen molar-refractivity contribution >= 4 is 27.1 Å². The van der Waals surface area contributed by atoms with Crippen LogP contribution in [0.4, 0.5) is 4.79 Å². The zero-order valence-corrected chi connectivity index (χ0v) is 28.2. The van der Waals surface area contributed by atoms with E-state index < -0.39 is 39.0 Å². The molecule has 246 valence electrons. The van der Waals surface area contributed by atoms with Gasteiger partial charge in [-0.3, -0.25) is 18.8 Å². The molecule has 3 amide bonds. The van der Waals surface area contributed by atoms with Crippen LogP contribution in [-0.4, -0.2) is 64.3 Å². The first-order valence-corrected chi connectivity index (χ1v) is 20.6. The molecule has 1 heterocycles. The lowest BCUT2D eigenvalue weighted by Gasteiger charge is -2.35. The molecule has 0 spiro atoms. The van der Waals surface area contributed by atoms with Gasteiger partial charge >= 0.3 is 21.2 Å². The predicted molar refractivity (Wildman–Crippen MR) is 165 cm³/mol. The van der Waals surface area contributed by atoms with Crippen molar-refractivity contribution in [2.75, 3.05) is 12.6 Å². The fourth-order valence-corrected chi connectivity index (χ4v) is 11.8. The van der Waals surface area contributed by atoms with Gasteiger partial charge in [0.1, 0.15) is 18.1 Å². The number of carbonyl (C=O) groups is 2. The molecular weight excluding hydrogens is 590 g/mol. The van der Waals surface area contributed by atoms with Gasteiger partial charge in [-0.05, 0) is 65.2 Å². The number of hydrogen-bond donors (Lipinski definition) is 0. The fraction of sp³-hybridized carbons (Fsp3) is 0.935. The standard InChI is InChI=1S/C31H54N2O8P2/c1-31(2)29(34)32(23-42(36,38-25-15-7-3-8-16-25)39-26-17-9-4-10-18-26)30(35)33(31)24-43(37,40-27-19-11-5-12-20-27)41-28-21-13-6-14-22-28/h25-28H,3-24H2,1-2H3. The van der Waals surface area contributed by atoms with Crippen molar-refractivity contribution in [1.82, 2.24) is 9.80 Å². The third-order valence-corrected chi connectivity index (χ3v) is 13.7. The van der Waals surface area contributed by atoms with Crippen molar-refractivity contribution < 1.29 is 36.8 Å². The molecule has 10 nitrogen and oxygen atoms in total. The van der Waals surface area contributed by atoms with Crippen LogP contribution in [0.2, 0.25) is 0 Å². The van der Waals surface area contributed by atoms with Crippen LogP contribution in [0.15, 0.2) is 0 Å². The van der Waals surface area contributed by atoms with Gasteiger partial charge in [-0.2, -0.15) is 0 Å². The molecule has 12 heteroatoms. The Morgan fingerprint density at radius 1 is 0.558 bits per heavy atom. The summed E-state index contributed by atoms with van der Waals surface area (Å²) in [6.07, 6.45) is 17.3. The Morgan fingerprint density at radius 3 is 1.19 bits per heavy atom. The molecule has 0 N–H and O–H groups in total. The van der Waals surface area contributed by atoms with Crippen LogP contribution >= 0.6 is 15.2 Å². The molecule has 0 unspecified atom stereocenters. The number of imide groups is 1. The lowest BCUT2D eigenvalue weighted by Crippen LogP contribution is -2.45. The van der Waals surface area contributed by atoms with E-state index in [9.17, 15) is 18.7 Å². The van der Waals surface area contributed by atoms with Gasteiger partial charge in [0.15, 0.2) is 0 Å². The van der Waals surface area contributed by atoms with Crippen molar-refractivity contribution in [1.29, 1.82) is 0 Å². The van der Waals surface area contributed by atoms with Crippen LogP contribution in [0, 0.1) is 0 Å². The smallest absolute Gasteiger partial charge is 0.304 e. The highest BCUT2D eigenvalue weighted by Gasteiger charge is 2.56. The summed E-state index contributed by atoms with van der Waals surface area (Å²) < 4.78 is 53.8. The minimum absolute atomic E-state index is 0.191. The number of amides is 3. The second kappa shape index (κ2) is 14.8. The first-order valence-electron chi connectivity index (χ1n) is 17.1. The number of carbonyl (C=O) groups excluding carboxylic acids is 2. The van der Waals surface area contributed by atoms with Crippen molar-refractivity contribution in [2.24, 2.45) is 0 Å². The van der Waals surface area contributed by atoms with Crippen molar-refractivity contribution in [3.8, 4) is 0 Å². The first-order chi connectivity index (χ1) is 20.6. The Labute approximate surface area is 258 Å². The van der Waals surface area contributed by atoms with E-state index in [4.69, 9.17) is 18.1 Å². The highest BCUT2D eigenvalue weighted by Crippen LogP contribution is 2.58. The molecule has 5 aliphatic rings. The van der Waals surface area contributed by atoms with Gasteiger partial charge in [0, 0.05) is 0 Å². The highest BCUT2D eigenvalue weighted by molar-refractivity contribution is 7.54. The predicted octanol–water partition coefficient (Wildman–Crippen LogP) is 8.73. The Morgan fingerprint density at radius 2 is 0.860 bits per heavy atom. The average Bonchev–Trinajstić information content (AvgIpc) is 3.14. The van der Waals surface area contributed by atoms with Crippen LogP contribution in [0.1, 0.15) is 142 Å². The van der Waals surface area contributed by atoms with E-state index in [1.807, 2.05) is 0 Å². The quantitative estimate of drug-likeness (QED) is 0.153. The van der Waals surface area contributed by atoms with Crippen LogP contribution < -0.4 is 0 Å². The van der Waals surface area contributed by atoms with E-state index in [2.05, 4.69) is 0 Å². The Balaban J connectivity index is 1.35. The van der Waals surface area contributed by atoms with Gasteiger partial charge in [0.25, 0.3) is 5.91 Å². The molecule has 5 rings (SSSR count). The summed E-state index contributed by atoms with van der Waals surface area (Å²) in [4.78, 5) is 30.2. The lowest BCUT2D eigenvalue weighted by molar-refractivity contribution is -0.131. The van der Waals surface area contributed by atoms with E-state index in [0.717, 1.165) is 133 Å². The largest absolute Gasteiger partial charge is 0.351 e. The molecule has 1 saturated heterocycles. The van der Waals surface area contributed by atoms with Crippen molar-refractivity contribution in [3.63, 3.8) is 0 Å².